The van der Waals surface area contributed by atoms with Crippen LogP contribution < -0.4 is 5.73 Å². The molecule has 0 saturated carbocycles. The van der Waals surface area contributed by atoms with Crippen LogP contribution >= 0.6 is 12.2 Å². The number of rotatable bonds is 7. The highest BCUT2D eigenvalue weighted by molar-refractivity contribution is 7.80. The molecule has 2 aromatic rings. The van der Waals surface area contributed by atoms with Crippen LogP contribution in [0.25, 0.3) is 5.69 Å². The second-order valence-electron chi connectivity index (χ2n) is 5.40. The molecule has 0 spiro atoms. The van der Waals surface area contributed by atoms with Gasteiger partial charge in [0.05, 0.1) is 17.5 Å². The van der Waals surface area contributed by atoms with Crippen molar-refractivity contribution in [1.29, 1.82) is 0 Å². The lowest BCUT2D eigenvalue weighted by molar-refractivity contribution is -0.137. The van der Waals surface area contributed by atoms with Gasteiger partial charge in [0.15, 0.2) is 5.11 Å². The fourth-order valence-corrected chi connectivity index (χ4v) is 2.40. The minimum absolute atomic E-state index is 0.130. The number of nitrogens with zero attached hydrogens (tertiary/aromatic N) is 3. The van der Waals surface area contributed by atoms with Crippen molar-refractivity contribution in [1.82, 2.24) is 9.58 Å². The molecule has 0 bridgehead atoms. The smallest absolute Gasteiger partial charge is 0.385 e. The van der Waals surface area contributed by atoms with E-state index in [4.69, 9.17) is 22.7 Å². The Balaban J connectivity index is 2.18. The summed E-state index contributed by atoms with van der Waals surface area (Å²) in [4.78, 5) is 0. The third kappa shape index (κ3) is 5.30. The van der Waals surface area contributed by atoms with Gasteiger partial charge in [0, 0.05) is 32.1 Å². The van der Waals surface area contributed by atoms with Gasteiger partial charge in [-0.25, -0.2) is 5.01 Å². The fourth-order valence-electron chi connectivity index (χ4n) is 2.26. The molecule has 0 saturated heterocycles. The van der Waals surface area contributed by atoms with Crippen LogP contribution in [0.4, 0.5) is 13.2 Å². The van der Waals surface area contributed by atoms with Gasteiger partial charge in [-0.1, -0.05) is 0 Å². The first kappa shape index (κ1) is 19.9. The molecule has 0 aliphatic rings. The number of benzene rings is 1. The first-order chi connectivity index (χ1) is 12.3. The summed E-state index contributed by atoms with van der Waals surface area (Å²) < 4.78 is 44.8. The molecular formula is C17H19F3N4OS. The average Bonchev–Trinajstić information content (AvgIpc) is 3.05. The highest BCUT2D eigenvalue weighted by Crippen LogP contribution is 2.29. The van der Waals surface area contributed by atoms with Crippen LogP contribution in [-0.4, -0.2) is 41.2 Å². The second kappa shape index (κ2) is 8.81. The predicted molar refractivity (Wildman–Crippen MR) is 98.3 cm³/mol. The first-order valence-corrected chi connectivity index (χ1v) is 8.18. The van der Waals surface area contributed by atoms with Crippen molar-refractivity contribution in [2.45, 2.75) is 12.6 Å². The number of ether oxygens (including phenoxy) is 1. The van der Waals surface area contributed by atoms with E-state index in [1.807, 2.05) is 0 Å². The van der Waals surface area contributed by atoms with Crippen LogP contribution in [0.15, 0.2) is 47.7 Å². The SMILES string of the molecule is COCCCN(/N=C/c1cccn1-c1ccc(C(F)(F)F)cc1)C(N)=S. The summed E-state index contributed by atoms with van der Waals surface area (Å²) in [5, 5.41) is 5.87. The standard InChI is InChI=1S/C17H19F3N4OS/c1-25-11-3-10-24(16(21)26)22-12-15-4-2-9-23(15)14-7-5-13(6-8-14)17(18,19)20/h2,4-9,12H,3,10-11H2,1H3,(H2,21,26)/b22-12+. The van der Waals surface area contributed by atoms with Gasteiger partial charge in [0.1, 0.15) is 0 Å². The van der Waals surface area contributed by atoms with Gasteiger partial charge in [0.25, 0.3) is 0 Å². The number of halogens is 3. The quantitative estimate of drug-likeness (QED) is 0.344. The molecule has 9 heteroatoms. The Kier molecular flexibility index (Phi) is 6.76. The zero-order valence-electron chi connectivity index (χ0n) is 14.1. The molecule has 1 heterocycles. The summed E-state index contributed by atoms with van der Waals surface area (Å²) in [6, 6.07) is 8.46. The molecule has 2 rings (SSSR count). The van der Waals surface area contributed by atoms with Gasteiger partial charge in [-0.15, -0.1) is 0 Å². The molecule has 0 aliphatic carbocycles. The Morgan fingerprint density at radius 3 is 2.58 bits per heavy atom. The highest BCUT2D eigenvalue weighted by Gasteiger charge is 2.30. The molecule has 1 aromatic carbocycles. The van der Waals surface area contributed by atoms with Gasteiger partial charge < -0.3 is 15.0 Å². The van der Waals surface area contributed by atoms with E-state index in [-0.39, 0.29) is 5.11 Å². The summed E-state index contributed by atoms with van der Waals surface area (Å²) in [7, 11) is 1.60. The lowest BCUT2D eigenvalue weighted by Gasteiger charge is -2.16. The van der Waals surface area contributed by atoms with Gasteiger partial charge in [0.2, 0.25) is 0 Å². The number of alkyl halides is 3. The van der Waals surface area contributed by atoms with Crippen molar-refractivity contribution in [2.24, 2.45) is 10.8 Å². The molecule has 2 N–H and O–H groups in total. The second-order valence-corrected chi connectivity index (χ2v) is 5.82. The van der Waals surface area contributed by atoms with Crippen LogP contribution in [0, 0.1) is 0 Å². The van der Waals surface area contributed by atoms with Crippen LogP contribution in [-0.2, 0) is 10.9 Å². The Morgan fingerprint density at radius 2 is 2.00 bits per heavy atom. The highest BCUT2D eigenvalue weighted by atomic mass is 32.1. The molecule has 0 radical (unpaired) electrons. The van der Waals surface area contributed by atoms with E-state index in [9.17, 15) is 13.2 Å². The Morgan fingerprint density at radius 1 is 1.31 bits per heavy atom. The van der Waals surface area contributed by atoms with Crippen molar-refractivity contribution in [3.63, 3.8) is 0 Å². The first-order valence-electron chi connectivity index (χ1n) is 7.78. The lowest BCUT2D eigenvalue weighted by atomic mass is 10.2. The number of hydrazone groups is 1. The zero-order chi connectivity index (χ0) is 19.2. The number of nitrogens with two attached hydrogens (primary N) is 1. The van der Waals surface area contributed by atoms with Crippen molar-refractivity contribution >= 4 is 23.5 Å². The molecule has 0 fully saturated rings. The van der Waals surface area contributed by atoms with E-state index in [0.717, 1.165) is 12.1 Å². The van der Waals surface area contributed by atoms with Gasteiger partial charge in [-0.3, -0.25) is 0 Å². The van der Waals surface area contributed by atoms with E-state index in [1.54, 1.807) is 36.2 Å². The summed E-state index contributed by atoms with van der Waals surface area (Å²) in [6.45, 7) is 1.05. The summed E-state index contributed by atoms with van der Waals surface area (Å²) in [5.74, 6) is 0. The van der Waals surface area contributed by atoms with E-state index >= 15 is 0 Å². The molecule has 1 aromatic heterocycles. The van der Waals surface area contributed by atoms with Crippen LogP contribution in [0.3, 0.4) is 0 Å². The van der Waals surface area contributed by atoms with E-state index in [0.29, 0.717) is 31.0 Å². The summed E-state index contributed by atoms with van der Waals surface area (Å²) in [5.41, 5.74) is 6.23. The fraction of sp³-hybridized carbons (Fsp3) is 0.294. The minimum atomic E-state index is -4.36. The normalized spacial score (nSPS) is 11.8. The Bertz CT molecular complexity index is 756. The van der Waals surface area contributed by atoms with Crippen LogP contribution in [0.2, 0.25) is 0 Å². The van der Waals surface area contributed by atoms with Gasteiger partial charge >= 0.3 is 6.18 Å². The van der Waals surface area contributed by atoms with E-state index in [2.05, 4.69) is 5.10 Å². The van der Waals surface area contributed by atoms with Gasteiger partial charge in [-0.05, 0) is 55.0 Å². The third-order valence-electron chi connectivity index (χ3n) is 3.56. The summed E-state index contributed by atoms with van der Waals surface area (Å²) in [6.07, 6.45) is -0.367. The zero-order valence-corrected chi connectivity index (χ0v) is 14.9. The number of hydrogen-bond acceptors (Lipinski definition) is 3. The van der Waals surface area contributed by atoms with Crippen LogP contribution in [0.5, 0.6) is 0 Å². The maximum absolute atomic E-state index is 12.7. The maximum Gasteiger partial charge on any atom is 0.416 e. The van der Waals surface area contributed by atoms with Crippen molar-refractivity contribution < 1.29 is 17.9 Å². The lowest BCUT2D eigenvalue weighted by Crippen LogP contribution is -2.32. The van der Waals surface area contributed by atoms with Gasteiger partial charge in [-0.2, -0.15) is 18.3 Å². The largest absolute Gasteiger partial charge is 0.416 e. The molecule has 26 heavy (non-hydrogen) atoms. The molecule has 5 nitrogen and oxygen atoms in total. The Labute approximate surface area is 154 Å². The monoisotopic (exact) mass is 384 g/mol. The third-order valence-corrected chi connectivity index (χ3v) is 3.77. The maximum atomic E-state index is 12.7. The van der Waals surface area contributed by atoms with Crippen LogP contribution in [0.1, 0.15) is 17.7 Å². The molecule has 140 valence electrons. The number of methoxy groups -OCH3 is 1. The van der Waals surface area contributed by atoms with Crippen molar-refractivity contribution in [2.75, 3.05) is 20.3 Å². The molecular weight excluding hydrogens is 365 g/mol. The van der Waals surface area contributed by atoms with Crippen molar-refractivity contribution in [3.8, 4) is 5.69 Å². The number of thiocarbonyl (C=S) groups is 1. The Hall–Kier alpha value is -2.39. The molecule has 0 atom stereocenters. The number of hydrogen-bond donors (Lipinski definition) is 1. The average molecular weight is 384 g/mol. The van der Waals surface area contributed by atoms with E-state index < -0.39 is 11.7 Å². The topological polar surface area (TPSA) is 55.8 Å². The molecule has 0 aliphatic heterocycles. The van der Waals surface area contributed by atoms with Crippen molar-refractivity contribution in [3.05, 3.63) is 53.9 Å². The molecule has 0 amide bonds. The predicted octanol–water partition coefficient (Wildman–Crippen LogP) is 3.41. The van der Waals surface area contributed by atoms with E-state index in [1.165, 1.54) is 17.1 Å². The summed E-state index contributed by atoms with van der Waals surface area (Å²) >= 11 is 4.97. The molecule has 0 unspecified atom stereocenters. The minimum Gasteiger partial charge on any atom is -0.385 e. The number of aromatic nitrogens is 1.